The SMILES string of the molecule is C[C@@H]1CC[C@H](C(=O)O)CN1.Cl. The number of carbonyl (C=O) groups is 1. The van der Waals surface area contributed by atoms with Crippen molar-refractivity contribution in [3.8, 4) is 0 Å². The van der Waals surface area contributed by atoms with Gasteiger partial charge in [0.15, 0.2) is 0 Å². The smallest absolute Gasteiger partial charge is 0.307 e. The lowest BCUT2D eigenvalue weighted by atomic mass is 9.96. The first-order valence-electron chi connectivity index (χ1n) is 3.66. The Morgan fingerprint density at radius 1 is 1.55 bits per heavy atom. The minimum atomic E-state index is -0.667. The van der Waals surface area contributed by atoms with Gasteiger partial charge in [-0.25, -0.2) is 0 Å². The Labute approximate surface area is 72.6 Å². The van der Waals surface area contributed by atoms with Gasteiger partial charge in [-0.05, 0) is 19.8 Å². The molecule has 0 aromatic heterocycles. The molecule has 1 fully saturated rings. The van der Waals surface area contributed by atoms with Gasteiger partial charge in [-0.15, -0.1) is 12.4 Å². The van der Waals surface area contributed by atoms with Crippen molar-refractivity contribution < 1.29 is 9.90 Å². The van der Waals surface area contributed by atoms with Crippen LogP contribution in [0.25, 0.3) is 0 Å². The fourth-order valence-corrected chi connectivity index (χ4v) is 1.21. The van der Waals surface area contributed by atoms with Crippen molar-refractivity contribution in [2.45, 2.75) is 25.8 Å². The molecule has 0 radical (unpaired) electrons. The van der Waals surface area contributed by atoms with Gasteiger partial charge >= 0.3 is 5.97 Å². The molecular formula is C7H14ClNO2. The summed E-state index contributed by atoms with van der Waals surface area (Å²) < 4.78 is 0. The zero-order chi connectivity index (χ0) is 7.56. The molecule has 0 aliphatic carbocycles. The summed E-state index contributed by atoms with van der Waals surface area (Å²) in [5, 5.41) is 11.7. The van der Waals surface area contributed by atoms with Gasteiger partial charge in [0.05, 0.1) is 5.92 Å². The first-order valence-corrected chi connectivity index (χ1v) is 3.66. The summed E-state index contributed by atoms with van der Waals surface area (Å²) in [4.78, 5) is 10.4. The van der Waals surface area contributed by atoms with Crippen LogP contribution in [0.2, 0.25) is 0 Å². The van der Waals surface area contributed by atoms with E-state index >= 15 is 0 Å². The van der Waals surface area contributed by atoms with Crippen LogP contribution in [0.3, 0.4) is 0 Å². The van der Waals surface area contributed by atoms with E-state index in [0.29, 0.717) is 12.6 Å². The number of hydrogen-bond donors (Lipinski definition) is 2. The van der Waals surface area contributed by atoms with Gasteiger partial charge in [-0.3, -0.25) is 4.79 Å². The fraction of sp³-hybridized carbons (Fsp3) is 0.857. The van der Waals surface area contributed by atoms with E-state index in [1.807, 2.05) is 0 Å². The molecule has 0 spiro atoms. The van der Waals surface area contributed by atoms with Gasteiger partial charge in [-0.2, -0.15) is 0 Å². The van der Waals surface area contributed by atoms with E-state index in [9.17, 15) is 4.79 Å². The van der Waals surface area contributed by atoms with Crippen LogP contribution in [0, 0.1) is 5.92 Å². The Bertz CT molecular complexity index is 132. The van der Waals surface area contributed by atoms with Crippen LogP contribution in [0.5, 0.6) is 0 Å². The number of hydrogen-bond acceptors (Lipinski definition) is 2. The molecule has 0 aromatic carbocycles. The fourth-order valence-electron chi connectivity index (χ4n) is 1.21. The topological polar surface area (TPSA) is 49.3 Å². The Morgan fingerprint density at radius 3 is 2.55 bits per heavy atom. The monoisotopic (exact) mass is 179 g/mol. The molecule has 1 rings (SSSR count). The number of carboxylic acid groups (broad SMARTS) is 1. The molecule has 1 heterocycles. The molecular weight excluding hydrogens is 166 g/mol. The van der Waals surface area contributed by atoms with Gasteiger partial charge in [-0.1, -0.05) is 0 Å². The number of nitrogens with one attached hydrogen (secondary N) is 1. The summed E-state index contributed by atoms with van der Waals surface area (Å²) in [5.74, 6) is -0.824. The number of aliphatic carboxylic acids is 1. The summed E-state index contributed by atoms with van der Waals surface area (Å²) in [7, 11) is 0. The highest BCUT2D eigenvalue weighted by atomic mass is 35.5. The highest BCUT2D eigenvalue weighted by molar-refractivity contribution is 5.85. The van der Waals surface area contributed by atoms with Crippen molar-refractivity contribution in [3.05, 3.63) is 0 Å². The molecule has 0 unspecified atom stereocenters. The molecule has 2 atom stereocenters. The quantitative estimate of drug-likeness (QED) is 0.629. The third kappa shape index (κ3) is 3.08. The Morgan fingerprint density at radius 2 is 2.18 bits per heavy atom. The Kier molecular flexibility index (Phi) is 4.45. The molecule has 0 bridgehead atoms. The predicted octanol–water partition coefficient (Wildman–Crippen LogP) is 0.881. The molecule has 3 nitrogen and oxygen atoms in total. The molecule has 11 heavy (non-hydrogen) atoms. The third-order valence-corrected chi connectivity index (χ3v) is 2.01. The van der Waals surface area contributed by atoms with Crippen molar-refractivity contribution in [1.29, 1.82) is 0 Å². The zero-order valence-corrected chi connectivity index (χ0v) is 7.36. The molecule has 1 saturated heterocycles. The van der Waals surface area contributed by atoms with E-state index in [2.05, 4.69) is 12.2 Å². The minimum absolute atomic E-state index is 0. The highest BCUT2D eigenvalue weighted by Crippen LogP contribution is 2.13. The zero-order valence-electron chi connectivity index (χ0n) is 6.54. The molecule has 66 valence electrons. The van der Waals surface area contributed by atoms with Crippen molar-refractivity contribution in [1.82, 2.24) is 5.32 Å². The minimum Gasteiger partial charge on any atom is -0.481 e. The van der Waals surface area contributed by atoms with E-state index in [1.165, 1.54) is 0 Å². The lowest BCUT2D eigenvalue weighted by molar-refractivity contribution is -0.142. The maximum absolute atomic E-state index is 10.4. The van der Waals surface area contributed by atoms with Crippen LogP contribution in [-0.4, -0.2) is 23.7 Å². The summed E-state index contributed by atoms with van der Waals surface area (Å²) >= 11 is 0. The lowest BCUT2D eigenvalue weighted by Gasteiger charge is -2.24. The van der Waals surface area contributed by atoms with Gasteiger partial charge < -0.3 is 10.4 Å². The van der Waals surface area contributed by atoms with Crippen LogP contribution in [0.4, 0.5) is 0 Å². The molecule has 4 heteroatoms. The van der Waals surface area contributed by atoms with E-state index in [4.69, 9.17) is 5.11 Å². The molecule has 0 aromatic rings. The van der Waals surface area contributed by atoms with Crippen LogP contribution in [0.15, 0.2) is 0 Å². The Balaban J connectivity index is 0.000001000. The average molecular weight is 180 g/mol. The Hall–Kier alpha value is -0.280. The number of rotatable bonds is 1. The van der Waals surface area contributed by atoms with Gasteiger partial charge in [0.25, 0.3) is 0 Å². The summed E-state index contributed by atoms with van der Waals surface area (Å²) in [6.45, 7) is 2.72. The average Bonchev–Trinajstić information content (AvgIpc) is 1.88. The van der Waals surface area contributed by atoms with Crippen molar-refractivity contribution in [2.75, 3.05) is 6.54 Å². The second kappa shape index (κ2) is 4.57. The number of carboxylic acids is 1. The van der Waals surface area contributed by atoms with Gasteiger partial charge in [0.1, 0.15) is 0 Å². The molecule has 0 saturated carbocycles. The van der Waals surface area contributed by atoms with Crippen molar-refractivity contribution in [3.63, 3.8) is 0 Å². The summed E-state index contributed by atoms with van der Waals surface area (Å²) in [5.41, 5.74) is 0. The van der Waals surface area contributed by atoms with E-state index in [1.54, 1.807) is 0 Å². The second-order valence-electron chi connectivity index (χ2n) is 2.92. The van der Waals surface area contributed by atoms with Crippen molar-refractivity contribution >= 4 is 18.4 Å². The first kappa shape index (κ1) is 10.7. The van der Waals surface area contributed by atoms with Crippen LogP contribution < -0.4 is 5.32 Å². The molecule has 2 N–H and O–H groups in total. The summed E-state index contributed by atoms with van der Waals surface area (Å²) in [6, 6.07) is 0.496. The van der Waals surface area contributed by atoms with Gasteiger partial charge in [0.2, 0.25) is 0 Å². The number of halogens is 1. The van der Waals surface area contributed by atoms with Crippen molar-refractivity contribution in [2.24, 2.45) is 5.92 Å². The first-order chi connectivity index (χ1) is 4.70. The molecule has 1 aliphatic heterocycles. The van der Waals surface area contributed by atoms with E-state index in [-0.39, 0.29) is 18.3 Å². The number of piperidine rings is 1. The third-order valence-electron chi connectivity index (χ3n) is 2.01. The van der Waals surface area contributed by atoms with Crippen LogP contribution >= 0.6 is 12.4 Å². The highest BCUT2D eigenvalue weighted by Gasteiger charge is 2.22. The summed E-state index contributed by atoms with van der Waals surface area (Å²) in [6.07, 6.45) is 1.81. The van der Waals surface area contributed by atoms with Crippen LogP contribution in [-0.2, 0) is 4.79 Å². The van der Waals surface area contributed by atoms with Crippen LogP contribution in [0.1, 0.15) is 19.8 Å². The lowest BCUT2D eigenvalue weighted by Crippen LogP contribution is -2.39. The maximum Gasteiger partial charge on any atom is 0.307 e. The largest absolute Gasteiger partial charge is 0.481 e. The van der Waals surface area contributed by atoms with E-state index < -0.39 is 5.97 Å². The van der Waals surface area contributed by atoms with E-state index in [0.717, 1.165) is 12.8 Å². The molecule has 0 amide bonds. The van der Waals surface area contributed by atoms with Gasteiger partial charge in [0, 0.05) is 12.6 Å². The molecule has 1 aliphatic rings. The standard InChI is InChI=1S/C7H13NO2.ClH/c1-5-2-3-6(4-8-5)7(9)10;/h5-6,8H,2-4H2,1H3,(H,9,10);1H/t5-,6+;/m1./s1. The second-order valence-corrected chi connectivity index (χ2v) is 2.92. The maximum atomic E-state index is 10.4. The normalized spacial score (nSPS) is 30.6. The predicted molar refractivity (Wildman–Crippen MR) is 45.1 cm³/mol.